The summed E-state index contributed by atoms with van der Waals surface area (Å²) in [6.45, 7) is 8.66. The van der Waals surface area contributed by atoms with Gasteiger partial charge in [-0.05, 0) is 48.9 Å². The SMILES string of the molecule is CCCCCCCC(=O)Oc1c2ccccc2c(OC(=O)CCCCCCC)c2cc(CC)c(CC)cc12. The molecule has 4 heteroatoms. The summed E-state index contributed by atoms with van der Waals surface area (Å²) in [6.07, 6.45) is 13.4. The minimum absolute atomic E-state index is 0.206. The summed E-state index contributed by atoms with van der Waals surface area (Å²) in [6, 6.07) is 12.1. The van der Waals surface area contributed by atoms with E-state index in [9.17, 15) is 9.59 Å². The van der Waals surface area contributed by atoms with Crippen molar-refractivity contribution in [1.82, 2.24) is 0 Å². The van der Waals surface area contributed by atoms with E-state index >= 15 is 0 Å². The highest BCUT2D eigenvalue weighted by atomic mass is 16.5. The van der Waals surface area contributed by atoms with Crippen LogP contribution in [0.1, 0.15) is 116 Å². The fourth-order valence-corrected chi connectivity index (χ4v) is 5.19. The van der Waals surface area contributed by atoms with Crippen molar-refractivity contribution in [2.45, 2.75) is 118 Å². The predicted molar refractivity (Wildman–Crippen MR) is 158 cm³/mol. The lowest BCUT2D eigenvalue weighted by atomic mass is 9.93. The van der Waals surface area contributed by atoms with Crippen molar-refractivity contribution in [3.63, 3.8) is 0 Å². The Balaban J connectivity index is 2.00. The van der Waals surface area contributed by atoms with E-state index in [1.807, 2.05) is 24.3 Å². The van der Waals surface area contributed by atoms with Crippen molar-refractivity contribution in [3.8, 4) is 11.5 Å². The zero-order valence-corrected chi connectivity index (χ0v) is 24.0. The molecule has 3 aromatic rings. The molecule has 0 aliphatic rings. The molecule has 0 aromatic heterocycles. The fraction of sp³-hybridized carbons (Fsp3) is 0.529. The van der Waals surface area contributed by atoms with Gasteiger partial charge in [0.05, 0.1) is 0 Å². The Bertz CT molecular complexity index is 1120. The molecule has 0 N–H and O–H groups in total. The smallest absolute Gasteiger partial charge is 0.311 e. The lowest BCUT2D eigenvalue weighted by Gasteiger charge is -2.19. The molecule has 0 unspecified atom stereocenters. The number of carbonyl (C=O) groups is 2. The van der Waals surface area contributed by atoms with Gasteiger partial charge in [0.2, 0.25) is 0 Å². The number of rotatable bonds is 16. The van der Waals surface area contributed by atoms with Crippen molar-refractivity contribution in [2.75, 3.05) is 0 Å². The second kappa shape index (κ2) is 15.5. The highest BCUT2D eigenvalue weighted by Gasteiger charge is 2.21. The molecule has 0 aliphatic carbocycles. The number of ether oxygens (including phenoxy) is 2. The monoisotopic (exact) mass is 518 g/mol. The van der Waals surface area contributed by atoms with E-state index in [0.29, 0.717) is 24.3 Å². The van der Waals surface area contributed by atoms with E-state index < -0.39 is 0 Å². The number of carbonyl (C=O) groups excluding carboxylic acids is 2. The molecular weight excluding hydrogens is 472 g/mol. The van der Waals surface area contributed by atoms with Gasteiger partial charge in [0.15, 0.2) is 0 Å². The molecule has 0 radical (unpaired) electrons. The first-order valence-corrected chi connectivity index (χ1v) is 14.9. The number of hydrogen-bond donors (Lipinski definition) is 0. The molecule has 3 aromatic carbocycles. The lowest BCUT2D eigenvalue weighted by Crippen LogP contribution is -2.11. The second-order valence-corrected chi connectivity index (χ2v) is 10.4. The van der Waals surface area contributed by atoms with Crippen molar-refractivity contribution in [3.05, 3.63) is 47.5 Å². The van der Waals surface area contributed by atoms with Crippen molar-refractivity contribution >= 4 is 33.5 Å². The standard InChI is InChI=1S/C34H46O4/c1-5-9-11-13-15-21-31(35)37-33-27-19-17-18-20-28(27)34(38-32(36)22-16-14-12-10-6-2)30-24-26(8-4)25(7-3)23-29(30)33/h17-20,23-24H,5-16,21-22H2,1-4H3. The Labute approximate surface area is 229 Å². The first kappa shape index (κ1) is 29.7. The maximum atomic E-state index is 13.0. The Morgan fingerprint density at radius 3 is 1.32 bits per heavy atom. The zero-order chi connectivity index (χ0) is 27.3. The number of benzene rings is 3. The average molecular weight is 519 g/mol. The molecule has 0 heterocycles. The molecule has 0 saturated heterocycles. The maximum Gasteiger partial charge on any atom is 0.311 e. The predicted octanol–water partition coefficient (Wildman–Crippen LogP) is 9.65. The summed E-state index contributed by atoms with van der Waals surface area (Å²) in [4.78, 5) is 25.9. The van der Waals surface area contributed by atoms with E-state index in [-0.39, 0.29) is 11.9 Å². The summed E-state index contributed by atoms with van der Waals surface area (Å²) in [5.41, 5.74) is 2.45. The van der Waals surface area contributed by atoms with Gasteiger partial charge in [0.25, 0.3) is 0 Å². The molecule has 0 aliphatic heterocycles. The zero-order valence-electron chi connectivity index (χ0n) is 24.0. The Kier molecular flexibility index (Phi) is 12.1. The van der Waals surface area contributed by atoms with Crippen LogP contribution in [-0.4, -0.2) is 11.9 Å². The van der Waals surface area contributed by atoms with Crippen molar-refractivity contribution in [1.29, 1.82) is 0 Å². The number of aryl methyl sites for hydroxylation is 2. The summed E-state index contributed by atoms with van der Waals surface area (Å²) in [7, 11) is 0. The highest BCUT2D eigenvalue weighted by molar-refractivity contribution is 6.13. The Hall–Kier alpha value is -2.88. The molecule has 0 amide bonds. The molecule has 0 fully saturated rings. The largest absolute Gasteiger partial charge is 0.425 e. The minimum atomic E-state index is -0.206. The maximum absolute atomic E-state index is 13.0. The molecule has 3 rings (SSSR count). The molecule has 0 spiro atoms. The average Bonchev–Trinajstić information content (AvgIpc) is 2.93. The minimum Gasteiger partial charge on any atom is -0.425 e. The van der Waals surface area contributed by atoms with Crippen LogP contribution in [0.15, 0.2) is 36.4 Å². The van der Waals surface area contributed by atoms with Gasteiger partial charge in [-0.3, -0.25) is 9.59 Å². The first-order chi connectivity index (χ1) is 18.5. The van der Waals surface area contributed by atoms with E-state index in [2.05, 4.69) is 39.8 Å². The quantitative estimate of drug-likeness (QED) is 0.0819. The third-order valence-corrected chi connectivity index (χ3v) is 7.41. The van der Waals surface area contributed by atoms with E-state index in [1.165, 1.54) is 36.8 Å². The van der Waals surface area contributed by atoms with Gasteiger partial charge in [-0.15, -0.1) is 0 Å². The van der Waals surface area contributed by atoms with Gasteiger partial charge >= 0.3 is 11.9 Å². The van der Waals surface area contributed by atoms with Gasteiger partial charge < -0.3 is 9.47 Å². The van der Waals surface area contributed by atoms with Crippen molar-refractivity contribution < 1.29 is 19.1 Å². The normalized spacial score (nSPS) is 11.3. The Morgan fingerprint density at radius 2 is 0.947 bits per heavy atom. The van der Waals surface area contributed by atoms with Gasteiger partial charge in [-0.1, -0.05) is 103 Å². The number of esters is 2. The molecular formula is C34H46O4. The number of unbranched alkanes of at least 4 members (excludes halogenated alkanes) is 8. The van der Waals surface area contributed by atoms with Crippen LogP contribution >= 0.6 is 0 Å². The number of fused-ring (bicyclic) bond motifs is 2. The molecule has 38 heavy (non-hydrogen) atoms. The Morgan fingerprint density at radius 1 is 0.553 bits per heavy atom. The fourth-order valence-electron chi connectivity index (χ4n) is 5.19. The molecule has 0 atom stereocenters. The summed E-state index contributed by atoms with van der Waals surface area (Å²) in [5, 5.41) is 3.28. The van der Waals surface area contributed by atoms with Crippen LogP contribution in [0.3, 0.4) is 0 Å². The molecule has 0 bridgehead atoms. The molecule has 4 nitrogen and oxygen atoms in total. The molecule has 206 valence electrons. The van der Waals surface area contributed by atoms with Crippen LogP contribution in [0, 0.1) is 0 Å². The third-order valence-electron chi connectivity index (χ3n) is 7.41. The van der Waals surface area contributed by atoms with Gasteiger partial charge in [0, 0.05) is 34.4 Å². The van der Waals surface area contributed by atoms with Gasteiger partial charge in [0.1, 0.15) is 11.5 Å². The van der Waals surface area contributed by atoms with Crippen molar-refractivity contribution in [2.24, 2.45) is 0 Å². The van der Waals surface area contributed by atoms with Crippen LogP contribution < -0.4 is 9.47 Å². The van der Waals surface area contributed by atoms with Crippen LogP contribution in [0.25, 0.3) is 21.5 Å². The van der Waals surface area contributed by atoms with Crippen LogP contribution in [-0.2, 0) is 22.4 Å². The first-order valence-electron chi connectivity index (χ1n) is 14.9. The van der Waals surface area contributed by atoms with Gasteiger partial charge in [-0.25, -0.2) is 0 Å². The van der Waals surface area contributed by atoms with E-state index in [1.54, 1.807) is 0 Å². The van der Waals surface area contributed by atoms with Gasteiger partial charge in [-0.2, -0.15) is 0 Å². The number of hydrogen-bond acceptors (Lipinski definition) is 4. The topological polar surface area (TPSA) is 52.6 Å². The molecule has 0 saturated carbocycles. The third kappa shape index (κ3) is 7.82. The lowest BCUT2D eigenvalue weighted by molar-refractivity contribution is -0.135. The second-order valence-electron chi connectivity index (χ2n) is 10.4. The van der Waals surface area contributed by atoms with E-state index in [0.717, 1.165) is 72.9 Å². The summed E-state index contributed by atoms with van der Waals surface area (Å²) >= 11 is 0. The summed E-state index contributed by atoms with van der Waals surface area (Å²) in [5.74, 6) is 0.738. The van der Waals surface area contributed by atoms with Crippen LogP contribution in [0.4, 0.5) is 0 Å². The van der Waals surface area contributed by atoms with E-state index in [4.69, 9.17) is 9.47 Å². The van der Waals surface area contributed by atoms with Crippen LogP contribution in [0.5, 0.6) is 11.5 Å². The summed E-state index contributed by atoms with van der Waals surface area (Å²) < 4.78 is 12.2. The highest BCUT2D eigenvalue weighted by Crippen LogP contribution is 2.44. The van der Waals surface area contributed by atoms with Crippen LogP contribution in [0.2, 0.25) is 0 Å².